The molecule has 0 spiro atoms. The van der Waals surface area contributed by atoms with Crippen LogP contribution in [0.3, 0.4) is 0 Å². The zero-order valence-corrected chi connectivity index (χ0v) is 13.0. The number of ether oxygens (including phenoxy) is 1. The Bertz CT molecular complexity index is 470. The first-order chi connectivity index (χ1) is 10.2. The van der Waals surface area contributed by atoms with E-state index in [1.165, 1.54) is 6.42 Å². The number of rotatable bonds is 6. The van der Waals surface area contributed by atoms with Gasteiger partial charge in [0.05, 0.1) is 6.61 Å². The molecule has 1 aromatic rings. The van der Waals surface area contributed by atoms with E-state index in [2.05, 4.69) is 15.5 Å². The lowest BCUT2D eigenvalue weighted by Gasteiger charge is -2.24. The van der Waals surface area contributed by atoms with Crippen molar-refractivity contribution in [2.24, 2.45) is 0 Å². The smallest absolute Gasteiger partial charge is 0.319 e. The fourth-order valence-corrected chi connectivity index (χ4v) is 2.77. The van der Waals surface area contributed by atoms with Crippen LogP contribution in [0.25, 0.3) is 0 Å². The summed E-state index contributed by atoms with van der Waals surface area (Å²) in [6.07, 6.45) is 2.28. The Balaban J connectivity index is 1.75. The molecule has 1 saturated heterocycles. The monoisotopic (exact) mass is 311 g/mol. The van der Waals surface area contributed by atoms with Crippen LogP contribution in [0.1, 0.15) is 12.8 Å². The molecular weight excluding hydrogens is 290 g/mol. The number of likely N-dealkylation sites (tertiary alicyclic amines) is 1. The van der Waals surface area contributed by atoms with Gasteiger partial charge >= 0.3 is 6.03 Å². The van der Waals surface area contributed by atoms with E-state index in [-0.39, 0.29) is 6.03 Å². The molecule has 2 amide bonds. The van der Waals surface area contributed by atoms with E-state index < -0.39 is 0 Å². The molecular formula is C15H22ClN3O2. The van der Waals surface area contributed by atoms with Gasteiger partial charge in [-0.15, -0.1) is 0 Å². The van der Waals surface area contributed by atoms with Crippen LogP contribution in [0.2, 0.25) is 5.02 Å². The van der Waals surface area contributed by atoms with Gasteiger partial charge in [-0.3, -0.25) is 4.90 Å². The van der Waals surface area contributed by atoms with Gasteiger partial charge in [-0.25, -0.2) is 4.79 Å². The molecule has 1 aliphatic heterocycles. The molecule has 5 nitrogen and oxygen atoms in total. The normalized spacial score (nSPS) is 18.7. The summed E-state index contributed by atoms with van der Waals surface area (Å²) in [7, 11) is 1.71. The Kier molecular flexibility index (Phi) is 6.29. The molecule has 116 valence electrons. The van der Waals surface area contributed by atoms with E-state index in [4.69, 9.17) is 16.3 Å². The molecule has 2 rings (SSSR count). The van der Waals surface area contributed by atoms with Crippen molar-refractivity contribution < 1.29 is 9.53 Å². The van der Waals surface area contributed by atoms with Gasteiger partial charge in [0.2, 0.25) is 0 Å². The summed E-state index contributed by atoms with van der Waals surface area (Å²) in [5, 5.41) is 6.32. The van der Waals surface area contributed by atoms with Crippen molar-refractivity contribution in [3.63, 3.8) is 0 Å². The Morgan fingerprint density at radius 1 is 1.52 bits per heavy atom. The summed E-state index contributed by atoms with van der Waals surface area (Å²) in [6.45, 7) is 3.37. The summed E-state index contributed by atoms with van der Waals surface area (Å²) in [6, 6.07) is 7.31. The van der Waals surface area contributed by atoms with Crippen LogP contribution < -0.4 is 10.6 Å². The maximum Gasteiger partial charge on any atom is 0.319 e. The standard InChI is InChI=1S/C15H22ClN3O2/c1-21-9-8-19-7-3-6-14(19)11-17-15(20)18-13-5-2-4-12(16)10-13/h2,4-5,10,14H,3,6-9,11H2,1H3,(H2,17,18,20). The third-order valence-corrected chi connectivity index (χ3v) is 3.90. The average Bonchev–Trinajstić information content (AvgIpc) is 2.90. The van der Waals surface area contributed by atoms with Gasteiger partial charge in [0.15, 0.2) is 0 Å². The summed E-state index contributed by atoms with van der Waals surface area (Å²) in [5.41, 5.74) is 0.697. The number of anilines is 1. The number of urea groups is 1. The van der Waals surface area contributed by atoms with Gasteiger partial charge in [0.25, 0.3) is 0 Å². The minimum absolute atomic E-state index is 0.198. The lowest BCUT2D eigenvalue weighted by Crippen LogP contribution is -2.42. The Labute approximate surface area is 130 Å². The van der Waals surface area contributed by atoms with Crippen molar-refractivity contribution >= 4 is 23.3 Å². The van der Waals surface area contributed by atoms with Crippen molar-refractivity contribution in [1.82, 2.24) is 10.2 Å². The van der Waals surface area contributed by atoms with Crippen molar-refractivity contribution in [3.05, 3.63) is 29.3 Å². The maximum atomic E-state index is 11.9. The molecule has 21 heavy (non-hydrogen) atoms. The SMILES string of the molecule is COCCN1CCCC1CNC(=O)Nc1cccc(Cl)c1. The second-order valence-electron chi connectivity index (χ2n) is 5.17. The van der Waals surface area contributed by atoms with E-state index in [1.807, 2.05) is 6.07 Å². The van der Waals surface area contributed by atoms with Crippen LogP contribution in [0.5, 0.6) is 0 Å². The maximum absolute atomic E-state index is 11.9. The highest BCUT2D eigenvalue weighted by Gasteiger charge is 2.24. The zero-order valence-electron chi connectivity index (χ0n) is 12.3. The van der Waals surface area contributed by atoms with Crippen LogP contribution in [0.4, 0.5) is 10.5 Å². The molecule has 0 aromatic heterocycles. The lowest BCUT2D eigenvalue weighted by atomic mass is 10.2. The Morgan fingerprint density at radius 2 is 2.38 bits per heavy atom. The molecule has 6 heteroatoms. The molecule has 0 aliphatic carbocycles. The molecule has 0 bridgehead atoms. The summed E-state index contributed by atoms with van der Waals surface area (Å²) < 4.78 is 5.11. The van der Waals surface area contributed by atoms with Crippen molar-refractivity contribution in [1.29, 1.82) is 0 Å². The topological polar surface area (TPSA) is 53.6 Å². The Morgan fingerprint density at radius 3 is 3.14 bits per heavy atom. The number of hydrogen-bond donors (Lipinski definition) is 2. The molecule has 0 saturated carbocycles. The minimum Gasteiger partial charge on any atom is -0.383 e. The summed E-state index contributed by atoms with van der Waals surface area (Å²) in [5.74, 6) is 0. The Hall–Kier alpha value is -1.30. The van der Waals surface area contributed by atoms with Crippen LogP contribution in [-0.2, 0) is 4.74 Å². The number of amides is 2. The van der Waals surface area contributed by atoms with E-state index >= 15 is 0 Å². The number of carbonyl (C=O) groups excluding carboxylic acids is 1. The van der Waals surface area contributed by atoms with E-state index in [1.54, 1.807) is 25.3 Å². The fraction of sp³-hybridized carbons (Fsp3) is 0.533. The molecule has 0 radical (unpaired) electrons. The molecule has 2 N–H and O–H groups in total. The largest absolute Gasteiger partial charge is 0.383 e. The molecule has 1 unspecified atom stereocenters. The van der Waals surface area contributed by atoms with Gasteiger partial charge in [0, 0.05) is 37.0 Å². The van der Waals surface area contributed by atoms with Crippen LogP contribution in [-0.4, -0.2) is 50.3 Å². The fourth-order valence-electron chi connectivity index (χ4n) is 2.58. The highest BCUT2D eigenvalue weighted by molar-refractivity contribution is 6.30. The van der Waals surface area contributed by atoms with Crippen LogP contribution in [0, 0.1) is 0 Å². The van der Waals surface area contributed by atoms with Crippen LogP contribution in [0.15, 0.2) is 24.3 Å². The first-order valence-corrected chi connectivity index (χ1v) is 7.60. The average molecular weight is 312 g/mol. The number of carbonyl (C=O) groups is 1. The third-order valence-electron chi connectivity index (χ3n) is 3.66. The second-order valence-corrected chi connectivity index (χ2v) is 5.61. The predicted octanol–water partition coefficient (Wildman–Crippen LogP) is 2.57. The van der Waals surface area contributed by atoms with Gasteiger partial charge in [-0.2, -0.15) is 0 Å². The number of nitrogens with zero attached hydrogens (tertiary/aromatic N) is 1. The minimum atomic E-state index is -0.198. The summed E-state index contributed by atoms with van der Waals surface area (Å²) in [4.78, 5) is 14.3. The van der Waals surface area contributed by atoms with Crippen molar-refractivity contribution in [3.8, 4) is 0 Å². The van der Waals surface area contributed by atoms with Gasteiger partial charge < -0.3 is 15.4 Å². The number of hydrogen-bond acceptors (Lipinski definition) is 3. The van der Waals surface area contributed by atoms with Crippen molar-refractivity contribution in [2.75, 3.05) is 38.7 Å². The van der Waals surface area contributed by atoms with Crippen LogP contribution >= 0.6 is 11.6 Å². The zero-order chi connectivity index (χ0) is 15.1. The second kappa shape index (κ2) is 8.22. The van der Waals surface area contributed by atoms with E-state index in [0.29, 0.717) is 23.3 Å². The van der Waals surface area contributed by atoms with Gasteiger partial charge in [-0.05, 0) is 37.6 Å². The first kappa shape index (κ1) is 16.1. The van der Waals surface area contributed by atoms with Crippen molar-refractivity contribution in [2.45, 2.75) is 18.9 Å². The molecule has 1 heterocycles. The van der Waals surface area contributed by atoms with Gasteiger partial charge in [-0.1, -0.05) is 17.7 Å². The number of nitrogens with one attached hydrogen (secondary N) is 2. The highest BCUT2D eigenvalue weighted by atomic mass is 35.5. The molecule has 1 atom stereocenters. The van der Waals surface area contributed by atoms with E-state index in [9.17, 15) is 4.79 Å². The molecule has 1 aromatic carbocycles. The van der Waals surface area contributed by atoms with E-state index in [0.717, 1.165) is 26.1 Å². The highest BCUT2D eigenvalue weighted by Crippen LogP contribution is 2.16. The number of benzene rings is 1. The lowest BCUT2D eigenvalue weighted by molar-refractivity contribution is 0.140. The third kappa shape index (κ3) is 5.19. The molecule has 1 aliphatic rings. The number of halogens is 1. The quantitative estimate of drug-likeness (QED) is 0.849. The summed E-state index contributed by atoms with van der Waals surface area (Å²) >= 11 is 5.89. The predicted molar refractivity (Wildman–Crippen MR) is 84.9 cm³/mol. The number of methoxy groups -OCH3 is 1. The molecule has 1 fully saturated rings. The first-order valence-electron chi connectivity index (χ1n) is 7.22. The van der Waals surface area contributed by atoms with Gasteiger partial charge in [0.1, 0.15) is 0 Å².